The molecule has 2 aromatic carbocycles. The highest BCUT2D eigenvalue weighted by atomic mass is 16.6. The van der Waals surface area contributed by atoms with Crippen LogP contribution in [-0.4, -0.2) is 30.7 Å². The zero-order chi connectivity index (χ0) is 21.9. The molecular formula is C28H37NO2. The Morgan fingerprint density at radius 3 is 2.03 bits per heavy atom. The summed E-state index contributed by atoms with van der Waals surface area (Å²) in [5, 5.41) is 0. The Balaban J connectivity index is 1.49. The zero-order valence-electron chi connectivity index (χ0n) is 19.0. The van der Waals surface area contributed by atoms with Gasteiger partial charge in [0.05, 0.1) is 0 Å². The third-order valence-corrected chi connectivity index (χ3v) is 6.23. The average Bonchev–Trinajstić information content (AvgIpc) is 3.12. The Hall–Kier alpha value is -2.55. The molecule has 0 fully saturated rings. The van der Waals surface area contributed by atoms with Crippen LogP contribution in [0.5, 0.6) is 0 Å². The van der Waals surface area contributed by atoms with Gasteiger partial charge in [-0.05, 0) is 28.7 Å². The summed E-state index contributed by atoms with van der Waals surface area (Å²) in [6, 6.07) is 16.9. The molecule has 166 valence electrons. The molecule has 0 aromatic heterocycles. The number of carbonyl (C=O) groups excluding carboxylic acids is 1. The van der Waals surface area contributed by atoms with Gasteiger partial charge in [0, 0.05) is 19.0 Å². The lowest BCUT2D eigenvalue weighted by atomic mass is 9.98. The fraction of sp³-hybridized carbons (Fsp3) is 0.464. The van der Waals surface area contributed by atoms with E-state index >= 15 is 0 Å². The van der Waals surface area contributed by atoms with Crippen LogP contribution in [0.25, 0.3) is 11.1 Å². The van der Waals surface area contributed by atoms with Gasteiger partial charge in [-0.25, -0.2) is 4.79 Å². The summed E-state index contributed by atoms with van der Waals surface area (Å²) in [4.78, 5) is 14.6. The Bertz CT molecular complexity index is 799. The third kappa shape index (κ3) is 6.22. The van der Waals surface area contributed by atoms with Gasteiger partial charge >= 0.3 is 6.09 Å². The second-order valence-electron chi connectivity index (χ2n) is 8.51. The lowest BCUT2D eigenvalue weighted by Crippen LogP contribution is -2.33. The molecule has 1 amide bonds. The molecule has 2 aromatic rings. The maximum absolute atomic E-state index is 12.8. The number of ether oxygens (including phenoxy) is 1. The number of unbranched alkanes of at least 4 members (excludes halogenated alkanes) is 7. The van der Waals surface area contributed by atoms with E-state index in [1.807, 2.05) is 0 Å². The van der Waals surface area contributed by atoms with E-state index in [1.165, 1.54) is 60.8 Å². The van der Waals surface area contributed by atoms with Crippen molar-refractivity contribution < 1.29 is 9.53 Å². The van der Waals surface area contributed by atoms with E-state index in [2.05, 4.69) is 62.0 Å². The van der Waals surface area contributed by atoms with Crippen LogP contribution in [-0.2, 0) is 4.74 Å². The van der Waals surface area contributed by atoms with Crippen molar-refractivity contribution in [3.63, 3.8) is 0 Å². The number of hydrogen-bond acceptors (Lipinski definition) is 2. The lowest BCUT2D eigenvalue weighted by Gasteiger charge is -2.22. The minimum atomic E-state index is -0.232. The Morgan fingerprint density at radius 1 is 0.903 bits per heavy atom. The first-order valence-corrected chi connectivity index (χ1v) is 12.0. The van der Waals surface area contributed by atoms with Crippen LogP contribution in [0, 0.1) is 0 Å². The van der Waals surface area contributed by atoms with Gasteiger partial charge in [-0.3, -0.25) is 0 Å². The number of fused-ring (bicyclic) bond motifs is 3. The second kappa shape index (κ2) is 12.3. The maximum Gasteiger partial charge on any atom is 0.410 e. The third-order valence-electron chi connectivity index (χ3n) is 6.23. The van der Waals surface area contributed by atoms with Gasteiger partial charge in [0.15, 0.2) is 0 Å². The Labute approximate surface area is 188 Å². The summed E-state index contributed by atoms with van der Waals surface area (Å²) >= 11 is 0. The van der Waals surface area contributed by atoms with E-state index in [0.29, 0.717) is 13.2 Å². The predicted molar refractivity (Wildman–Crippen MR) is 129 cm³/mol. The molecule has 1 aliphatic rings. The van der Waals surface area contributed by atoms with E-state index in [1.54, 1.807) is 11.0 Å². The van der Waals surface area contributed by atoms with Crippen LogP contribution in [0.4, 0.5) is 4.79 Å². The zero-order valence-corrected chi connectivity index (χ0v) is 19.0. The molecule has 0 aliphatic heterocycles. The standard InChI is InChI=1S/C28H37NO2/c1-3-5-6-7-8-9-10-15-21-29(20-4-2)28(30)31-22-27-25-18-13-11-16-23(25)24-17-12-14-19-26(24)27/h4,11-14,16-19,27H,2-3,5-10,15,20-22H2,1H3. The van der Waals surface area contributed by atoms with Gasteiger partial charge in [-0.15, -0.1) is 6.58 Å². The molecule has 0 saturated heterocycles. The van der Waals surface area contributed by atoms with Crippen molar-refractivity contribution in [3.05, 3.63) is 72.3 Å². The maximum atomic E-state index is 12.8. The minimum absolute atomic E-state index is 0.102. The molecule has 0 radical (unpaired) electrons. The van der Waals surface area contributed by atoms with Crippen molar-refractivity contribution in [2.75, 3.05) is 19.7 Å². The van der Waals surface area contributed by atoms with Gasteiger partial charge in [0.1, 0.15) is 6.61 Å². The number of carbonyl (C=O) groups is 1. The molecule has 0 heterocycles. The van der Waals surface area contributed by atoms with Gasteiger partial charge in [0.25, 0.3) is 0 Å². The van der Waals surface area contributed by atoms with Crippen LogP contribution in [0.2, 0.25) is 0 Å². The first-order chi connectivity index (χ1) is 15.3. The normalized spacial score (nSPS) is 12.3. The van der Waals surface area contributed by atoms with E-state index < -0.39 is 0 Å². The van der Waals surface area contributed by atoms with Crippen LogP contribution in [0.3, 0.4) is 0 Å². The fourth-order valence-corrected chi connectivity index (χ4v) is 4.53. The Morgan fingerprint density at radius 2 is 1.45 bits per heavy atom. The summed E-state index contributed by atoms with van der Waals surface area (Å²) in [7, 11) is 0. The molecule has 0 unspecified atom stereocenters. The smallest absolute Gasteiger partial charge is 0.410 e. The number of rotatable bonds is 13. The Kier molecular flexibility index (Phi) is 9.20. The van der Waals surface area contributed by atoms with E-state index in [-0.39, 0.29) is 12.0 Å². The molecule has 1 aliphatic carbocycles. The molecule has 0 bridgehead atoms. The summed E-state index contributed by atoms with van der Waals surface area (Å²) in [5.41, 5.74) is 4.99. The summed E-state index contributed by atoms with van der Waals surface area (Å²) < 4.78 is 5.82. The topological polar surface area (TPSA) is 29.5 Å². The second-order valence-corrected chi connectivity index (χ2v) is 8.51. The number of amides is 1. The lowest BCUT2D eigenvalue weighted by molar-refractivity contribution is 0.103. The SMILES string of the molecule is C=CCN(CCCCCCCCCC)C(=O)OCC1c2ccccc2-c2ccccc21. The largest absolute Gasteiger partial charge is 0.448 e. The molecule has 0 N–H and O–H groups in total. The van der Waals surface area contributed by atoms with Crippen molar-refractivity contribution in [1.29, 1.82) is 0 Å². The molecule has 3 rings (SSSR count). The van der Waals surface area contributed by atoms with Gasteiger partial charge in [-0.1, -0.05) is 106 Å². The van der Waals surface area contributed by atoms with Crippen LogP contribution in [0.15, 0.2) is 61.2 Å². The number of hydrogen-bond donors (Lipinski definition) is 0. The van der Waals surface area contributed by atoms with Crippen molar-refractivity contribution in [2.24, 2.45) is 0 Å². The summed E-state index contributed by atoms with van der Waals surface area (Å²) in [6.07, 6.45) is 11.6. The monoisotopic (exact) mass is 419 g/mol. The first kappa shape index (κ1) is 23.1. The molecule has 0 atom stereocenters. The molecule has 0 saturated carbocycles. The van der Waals surface area contributed by atoms with Gasteiger partial charge in [-0.2, -0.15) is 0 Å². The van der Waals surface area contributed by atoms with Crippen LogP contribution in [0.1, 0.15) is 75.3 Å². The van der Waals surface area contributed by atoms with Crippen molar-refractivity contribution in [1.82, 2.24) is 4.90 Å². The highest BCUT2D eigenvalue weighted by Gasteiger charge is 2.29. The minimum Gasteiger partial charge on any atom is -0.448 e. The predicted octanol–water partition coefficient (Wildman–Crippen LogP) is 7.56. The van der Waals surface area contributed by atoms with Crippen LogP contribution >= 0.6 is 0 Å². The number of nitrogens with zero attached hydrogens (tertiary/aromatic N) is 1. The highest BCUT2D eigenvalue weighted by molar-refractivity contribution is 5.79. The average molecular weight is 420 g/mol. The van der Waals surface area contributed by atoms with E-state index in [9.17, 15) is 4.79 Å². The van der Waals surface area contributed by atoms with Crippen molar-refractivity contribution in [2.45, 2.75) is 64.2 Å². The van der Waals surface area contributed by atoms with Crippen molar-refractivity contribution in [3.8, 4) is 11.1 Å². The van der Waals surface area contributed by atoms with Crippen LogP contribution < -0.4 is 0 Å². The quantitative estimate of drug-likeness (QED) is 0.247. The van der Waals surface area contributed by atoms with Crippen molar-refractivity contribution >= 4 is 6.09 Å². The summed E-state index contributed by atoms with van der Waals surface area (Å²) in [6.45, 7) is 7.71. The number of benzene rings is 2. The van der Waals surface area contributed by atoms with E-state index in [0.717, 1.165) is 19.4 Å². The molecule has 3 nitrogen and oxygen atoms in total. The van der Waals surface area contributed by atoms with Gasteiger partial charge in [0.2, 0.25) is 0 Å². The summed E-state index contributed by atoms with van der Waals surface area (Å²) in [5.74, 6) is 0.102. The fourth-order valence-electron chi connectivity index (χ4n) is 4.53. The first-order valence-electron chi connectivity index (χ1n) is 12.0. The highest BCUT2D eigenvalue weighted by Crippen LogP contribution is 2.44. The molecule has 0 spiro atoms. The molecule has 31 heavy (non-hydrogen) atoms. The van der Waals surface area contributed by atoms with Gasteiger partial charge < -0.3 is 9.64 Å². The molecule has 3 heteroatoms. The van der Waals surface area contributed by atoms with E-state index in [4.69, 9.17) is 4.74 Å². The molecular weight excluding hydrogens is 382 g/mol.